The standard InChI is InChI=1S/C23H31N3O3S/c1-25-13-15(11-21(29-14-27)26-6-8-28-9-7-26)10-17-16-4-3-5-19-22(16)18(12-20(17)25)23(24-19)30-2/h3-5,14-15,17,20-21,24H,6-13H2,1-2H3/t15?,17-,20-,21?/m0/s1. The normalized spacial score (nSPS) is 28.3. The van der Waals surface area contributed by atoms with Gasteiger partial charge in [-0.05, 0) is 49.3 Å². The topological polar surface area (TPSA) is 57.8 Å². The number of morpholine rings is 1. The van der Waals surface area contributed by atoms with E-state index in [-0.39, 0.29) is 6.23 Å². The smallest absolute Gasteiger partial charge is 0.294 e. The number of nitrogens with one attached hydrogen (secondary N) is 1. The lowest BCUT2D eigenvalue weighted by Gasteiger charge is -2.46. The summed E-state index contributed by atoms with van der Waals surface area (Å²) in [5.41, 5.74) is 4.26. The lowest BCUT2D eigenvalue weighted by Crippen LogP contribution is -2.50. The lowest BCUT2D eigenvalue weighted by molar-refractivity contribution is -0.151. The SMILES string of the molecule is CSc1[nH]c2cccc3c2c1C[C@H]1[C@H]3CC(CC(OC=O)N2CCOCC2)CN1C. The molecule has 4 atom stereocenters. The van der Waals surface area contributed by atoms with E-state index in [2.05, 4.69) is 46.3 Å². The first-order valence-electron chi connectivity index (χ1n) is 11.0. The number of carbonyl (C=O) groups is 1. The molecule has 2 saturated heterocycles. The van der Waals surface area contributed by atoms with Gasteiger partial charge in [-0.1, -0.05) is 12.1 Å². The maximum absolute atomic E-state index is 11.2. The number of ether oxygens (including phenoxy) is 2. The van der Waals surface area contributed by atoms with Gasteiger partial charge in [0.2, 0.25) is 0 Å². The van der Waals surface area contributed by atoms with Crippen LogP contribution in [0.1, 0.15) is 29.9 Å². The summed E-state index contributed by atoms with van der Waals surface area (Å²) >= 11 is 1.82. The zero-order valence-corrected chi connectivity index (χ0v) is 18.6. The van der Waals surface area contributed by atoms with Gasteiger partial charge < -0.3 is 19.4 Å². The summed E-state index contributed by atoms with van der Waals surface area (Å²) in [5.74, 6) is 1.02. The largest absolute Gasteiger partial charge is 0.449 e. The van der Waals surface area contributed by atoms with E-state index in [9.17, 15) is 4.79 Å². The van der Waals surface area contributed by atoms with Crippen LogP contribution >= 0.6 is 11.8 Å². The van der Waals surface area contributed by atoms with Crippen molar-refractivity contribution in [1.82, 2.24) is 14.8 Å². The molecule has 0 bridgehead atoms. The number of hydrogen-bond acceptors (Lipinski definition) is 6. The van der Waals surface area contributed by atoms with Crippen LogP contribution in [0.2, 0.25) is 0 Å². The molecular weight excluding hydrogens is 398 g/mol. The summed E-state index contributed by atoms with van der Waals surface area (Å²) in [6, 6.07) is 7.27. The van der Waals surface area contributed by atoms with Crippen molar-refractivity contribution in [3.8, 4) is 0 Å². The van der Waals surface area contributed by atoms with Crippen LogP contribution in [0.15, 0.2) is 23.2 Å². The molecule has 30 heavy (non-hydrogen) atoms. The van der Waals surface area contributed by atoms with Gasteiger partial charge in [-0.2, -0.15) is 0 Å². The Morgan fingerprint density at radius 2 is 2.20 bits per heavy atom. The first-order chi connectivity index (χ1) is 14.7. The number of benzene rings is 1. The van der Waals surface area contributed by atoms with E-state index in [4.69, 9.17) is 9.47 Å². The zero-order chi connectivity index (χ0) is 20.7. The number of fused-ring (bicyclic) bond motifs is 2. The van der Waals surface area contributed by atoms with E-state index in [0.717, 1.165) is 38.9 Å². The Bertz CT molecular complexity index is 910. The van der Waals surface area contributed by atoms with Gasteiger partial charge >= 0.3 is 0 Å². The Hall–Kier alpha value is -1.54. The third-order valence-electron chi connectivity index (χ3n) is 7.30. The third-order valence-corrected chi connectivity index (χ3v) is 8.06. The molecule has 7 heteroatoms. The Kier molecular flexibility index (Phi) is 5.79. The zero-order valence-electron chi connectivity index (χ0n) is 17.8. The molecule has 5 rings (SSSR count). The maximum Gasteiger partial charge on any atom is 0.294 e. The number of likely N-dealkylation sites (tertiary alicyclic amines) is 1. The van der Waals surface area contributed by atoms with Gasteiger partial charge in [0.1, 0.15) is 0 Å². The summed E-state index contributed by atoms with van der Waals surface area (Å²) in [6.07, 6.45) is 5.16. The van der Waals surface area contributed by atoms with E-state index in [0.29, 0.717) is 37.6 Å². The fourth-order valence-corrected chi connectivity index (χ4v) is 6.60. The Labute approximate surface area is 182 Å². The number of aromatic amines is 1. The number of likely N-dealkylation sites (N-methyl/N-ethyl adjacent to an activating group) is 1. The van der Waals surface area contributed by atoms with Crippen molar-refractivity contribution in [3.63, 3.8) is 0 Å². The van der Waals surface area contributed by atoms with Gasteiger partial charge in [0.15, 0.2) is 6.23 Å². The van der Waals surface area contributed by atoms with Crippen molar-refractivity contribution in [2.75, 3.05) is 46.2 Å². The number of thioether (sulfide) groups is 1. The number of H-pyrrole nitrogens is 1. The summed E-state index contributed by atoms with van der Waals surface area (Å²) in [4.78, 5) is 19.6. The molecule has 3 heterocycles. The minimum Gasteiger partial charge on any atom is -0.449 e. The summed E-state index contributed by atoms with van der Waals surface area (Å²) in [5, 5.41) is 2.77. The molecule has 2 fully saturated rings. The van der Waals surface area contributed by atoms with E-state index in [1.165, 1.54) is 27.1 Å². The van der Waals surface area contributed by atoms with Crippen molar-refractivity contribution >= 4 is 29.1 Å². The van der Waals surface area contributed by atoms with Crippen molar-refractivity contribution in [1.29, 1.82) is 0 Å². The van der Waals surface area contributed by atoms with Crippen LogP contribution in [0.4, 0.5) is 0 Å². The van der Waals surface area contributed by atoms with Gasteiger partial charge in [-0.3, -0.25) is 9.69 Å². The van der Waals surface area contributed by atoms with Crippen molar-refractivity contribution in [3.05, 3.63) is 29.3 Å². The first-order valence-corrected chi connectivity index (χ1v) is 12.2. The molecule has 1 aromatic heterocycles. The highest BCUT2D eigenvalue weighted by Gasteiger charge is 2.41. The molecule has 1 aromatic carbocycles. The molecule has 0 saturated carbocycles. The van der Waals surface area contributed by atoms with Gasteiger partial charge in [-0.25, -0.2) is 0 Å². The predicted octanol–water partition coefficient (Wildman–Crippen LogP) is 3.07. The molecule has 3 aliphatic rings. The number of rotatable bonds is 6. The Morgan fingerprint density at radius 1 is 1.37 bits per heavy atom. The number of piperidine rings is 1. The maximum atomic E-state index is 11.2. The molecule has 2 aromatic rings. The highest BCUT2D eigenvalue weighted by Crippen LogP contribution is 2.47. The molecule has 0 spiro atoms. The number of aromatic nitrogens is 1. The second-order valence-electron chi connectivity index (χ2n) is 8.90. The number of hydrogen-bond donors (Lipinski definition) is 1. The molecule has 1 aliphatic carbocycles. The summed E-state index contributed by atoms with van der Waals surface area (Å²) < 4.78 is 11.0. The highest BCUT2D eigenvalue weighted by molar-refractivity contribution is 7.98. The lowest BCUT2D eigenvalue weighted by atomic mass is 9.71. The average molecular weight is 430 g/mol. The van der Waals surface area contributed by atoms with E-state index in [1.54, 1.807) is 0 Å². The van der Waals surface area contributed by atoms with Gasteiger partial charge in [-0.15, -0.1) is 11.8 Å². The van der Waals surface area contributed by atoms with Crippen LogP contribution in [0, 0.1) is 5.92 Å². The average Bonchev–Trinajstić information content (AvgIpc) is 3.14. The second-order valence-corrected chi connectivity index (χ2v) is 9.71. The minimum absolute atomic E-state index is 0.147. The van der Waals surface area contributed by atoms with Crippen LogP contribution in [-0.4, -0.2) is 79.7 Å². The van der Waals surface area contributed by atoms with Crippen LogP contribution in [0.5, 0.6) is 0 Å². The fraction of sp³-hybridized carbons (Fsp3) is 0.609. The van der Waals surface area contributed by atoms with E-state index in [1.807, 2.05) is 11.8 Å². The molecule has 2 aliphatic heterocycles. The highest BCUT2D eigenvalue weighted by atomic mass is 32.2. The van der Waals surface area contributed by atoms with Crippen LogP contribution in [0.25, 0.3) is 10.9 Å². The Balaban J connectivity index is 1.41. The van der Waals surface area contributed by atoms with Gasteiger partial charge in [0.05, 0.1) is 18.2 Å². The summed E-state index contributed by atoms with van der Waals surface area (Å²) in [7, 11) is 2.27. The molecular formula is C23H31N3O3S. The predicted molar refractivity (Wildman–Crippen MR) is 119 cm³/mol. The second kappa shape index (κ2) is 8.54. The Morgan fingerprint density at radius 3 is 2.97 bits per heavy atom. The fourth-order valence-electron chi connectivity index (χ4n) is 5.96. The van der Waals surface area contributed by atoms with Crippen LogP contribution < -0.4 is 0 Å². The molecule has 2 unspecified atom stereocenters. The molecule has 1 N–H and O–H groups in total. The van der Waals surface area contributed by atoms with E-state index < -0.39 is 0 Å². The molecule has 6 nitrogen and oxygen atoms in total. The van der Waals surface area contributed by atoms with Crippen molar-refractivity contribution in [2.24, 2.45) is 5.92 Å². The molecule has 0 amide bonds. The molecule has 0 radical (unpaired) electrons. The minimum atomic E-state index is -0.147. The first kappa shape index (κ1) is 20.4. The van der Waals surface area contributed by atoms with Crippen molar-refractivity contribution < 1.29 is 14.3 Å². The monoisotopic (exact) mass is 429 g/mol. The quantitative estimate of drug-likeness (QED) is 0.563. The van der Waals surface area contributed by atoms with Gasteiger partial charge in [0.25, 0.3) is 6.47 Å². The molecule has 162 valence electrons. The van der Waals surface area contributed by atoms with Crippen LogP contribution in [-0.2, 0) is 20.7 Å². The van der Waals surface area contributed by atoms with E-state index >= 15 is 0 Å². The van der Waals surface area contributed by atoms with Crippen LogP contribution in [0.3, 0.4) is 0 Å². The summed E-state index contributed by atoms with van der Waals surface area (Å²) in [6.45, 7) is 4.75. The third kappa shape index (κ3) is 3.55. The van der Waals surface area contributed by atoms with Crippen molar-refractivity contribution in [2.45, 2.75) is 42.5 Å². The number of carbonyl (C=O) groups excluding carboxylic acids is 1. The van der Waals surface area contributed by atoms with Gasteiger partial charge in [0, 0.05) is 48.9 Å². The number of nitrogens with zero attached hydrogens (tertiary/aromatic N) is 2.